The third kappa shape index (κ3) is 4.20. The van der Waals surface area contributed by atoms with Gasteiger partial charge in [0.1, 0.15) is 0 Å². The Labute approximate surface area is 80.4 Å². The molecule has 2 N–H and O–H groups in total. The molecule has 0 aliphatic heterocycles. The maximum absolute atomic E-state index is 11.0. The number of hydrogen-bond donors (Lipinski definition) is 2. The van der Waals surface area contributed by atoms with Crippen molar-refractivity contribution < 1.29 is 24.6 Å². The van der Waals surface area contributed by atoms with E-state index in [4.69, 9.17) is 10.2 Å². The van der Waals surface area contributed by atoms with Gasteiger partial charge in [-0.25, -0.2) is 9.59 Å². The first kappa shape index (κ1) is 12.1. The quantitative estimate of drug-likeness (QED) is 0.631. The fourth-order valence-corrected chi connectivity index (χ4v) is 0.661. The number of rotatable bonds is 5. The summed E-state index contributed by atoms with van der Waals surface area (Å²) in [5.41, 5.74) is -0.256. The fourth-order valence-electron chi connectivity index (χ4n) is 0.661. The molecule has 0 aliphatic rings. The van der Waals surface area contributed by atoms with Crippen LogP contribution in [0.3, 0.4) is 0 Å². The van der Waals surface area contributed by atoms with Gasteiger partial charge in [-0.3, -0.25) is 4.79 Å². The summed E-state index contributed by atoms with van der Waals surface area (Å²) in [6.45, 7) is 4.76. The number of allylic oxidation sites excluding steroid dienone is 1. The van der Waals surface area contributed by atoms with Crippen molar-refractivity contribution in [1.82, 2.24) is 0 Å². The first-order chi connectivity index (χ1) is 6.34. The summed E-state index contributed by atoms with van der Waals surface area (Å²) < 4.78 is 0. The fraction of sp³-hybridized carbons (Fsp3) is 0.222. The van der Waals surface area contributed by atoms with Gasteiger partial charge in [-0.2, -0.15) is 0 Å². The van der Waals surface area contributed by atoms with Gasteiger partial charge in [0.25, 0.3) is 0 Å². The number of hydrogen-bond acceptors (Lipinski definition) is 3. The zero-order valence-electron chi connectivity index (χ0n) is 7.61. The van der Waals surface area contributed by atoms with Gasteiger partial charge < -0.3 is 10.2 Å². The number of carboxylic acid groups (broad SMARTS) is 2. The third-order valence-corrected chi connectivity index (χ3v) is 1.40. The van der Waals surface area contributed by atoms with Gasteiger partial charge in [0, 0.05) is 12.5 Å². The van der Waals surface area contributed by atoms with Crippen molar-refractivity contribution in [3.8, 4) is 0 Å². The molecule has 0 amide bonds. The van der Waals surface area contributed by atoms with E-state index in [-0.39, 0.29) is 5.57 Å². The maximum Gasteiger partial charge on any atom is 0.332 e. The molecule has 0 bridgehead atoms. The number of Topliss-reactive ketones (excluding diaryl/α,β-unsaturated/α-hetero) is 1. The van der Waals surface area contributed by atoms with Crippen LogP contribution in [-0.4, -0.2) is 27.9 Å². The number of carboxylic acids is 2. The molecule has 14 heavy (non-hydrogen) atoms. The Morgan fingerprint density at radius 3 is 2.07 bits per heavy atom. The molecule has 5 nitrogen and oxygen atoms in total. The highest BCUT2D eigenvalue weighted by molar-refractivity contribution is 6.04. The second-order valence-corrected chi connectivity index (χ2v) is 2.69. The van der Waals surface area contributed by atoms with Crippen molar-refractivity contribution in [2.24, 2.45) is 0 Å². The molecule has 0 rings (SSSR count). The molecule has 0 aromatic heterocycles. The van der Waals surface area contributed by atoms with Gasteiger partial charge in [0.05, 0.1) is 5.57 Å². The molecule has 0 radical (unpaired) electrons. The minimum absolute atomic E-state index is 0.197. The highest BCUT2D eigenvalue weighted by Crippen LogP contribution is 2.06. The highest BCUT2D eigenvalue weighted by atomic mass is 16.4. The van der Waals surface area contributed by atoms with Crippen LogP contribution >= 0.6 is 0 Å². The Morgan fingerprint density at radius 1 is 1.29 bits per heavy atom. The lowest BCUT2D eigenvalue weighted by atomic mass is 10.1. The Morgan fingerprint density at radius 2 is 1.79 bits per heavy atom. The molecule has 0 fully saturated rings. The van der Waals surface area contributed by atoms with Crippen molar-refractivity contribution in [2.75, 3.05) is 0 Å². The Kier molecular flexibility index (Phi) is 4.28. The van der Waals surface area contributed by atoms with Gasteiger partial charge >= 0.3 is 11.9 Å². The lowest BCUT2D eigenvalue weighted by Crippen LogP contribution is -2.09. The largest absolute Gasteiger partial charge is 0.478 e. The summed E-state index contributed by atoms with van der Waals surface area (Å²) in [5, 5.41) is 16.9. The first-order valence-electron chi connectivity index (χ1n) is 3.70. The predicted molar refractivity (Wildman–Crippen MR) is 47.8 cm³/mol. The molecular weight excluding hydrogens is 188 g/mol. The monoisotopic (exact) mass is 198 g/mol. The van der Waals surface area contributed by atoms with Crippen LogP contribution < -0.4 is 0 Å². The minimum Gasteiger partial charge on any atom is -0.478 e. The minimum atomic E-state index is -1.41. The Balaban J connectivity index is 4.72. The molecule has 0 aromatic rings. The number of carbonyl (C=O) groups excluding carboxylic acids is 1. The van der Waals surface area contributed by atoms with Crippen LogP contribution in [0.4, 0.5) is 0 Å². The summed E-state index contributed by atoms with van der Waals surface area (Å²) >= 11 is 0. The molecule has 0 saturated carbocycles. The van der Waals surface area contributed by atoms with Crippen molar-refractivity contribution >= 4 is 17.7 Å². The molecule has 0 heterocycles. The summed E-state index contributed by atoms with van der Waals surface area (Å²) in [4.78, 5) is 31.7. The van der Waals surface area contributed by atoms with E-state index in [9.17, 15) is 14.4 Å². The second-order valence-electron chi connectivity index (χ2n) is 2.69. The lowest BCUT2D eigenvalue weighted by Gasteiger charge is -1.99. The maximum atomic E-state index is 11.0. The molecule has 0 unspecified atom stereocenters. The molecule has 0 spiro atoms. The molecule has 5 heteroatoms. The summed E-state index contributed by atoms with van der Waals surface area (Å²) in [5.74, 6) is -3.29. The van der Waals surface area contributed by atoms with E-state index < -0.39 is 29.7 Å². The molecular formula is C9H10O5. The van der Waals surface area contributed by atoms with E-state index in [0.29, 0.717) is 6.08 Å². The van der Waals surface area contributed by atoms with Crippen LogP contribution in [0.5, 0.6) is 0 Å². The van der Waals surface area contributed by atoms with Crippen LogP contribution in [-0.2, 0) is 14.4 Å². The van der Waals surface area contributed by atoms with Gasteiger partial charge in [-0.15, -0.1) is 0 Å². The van der Waals surface area contributed by atoms with Gasteiger partial charge in [-0.05, 0) is 12.5 Å². The smallest absolute Gasteiger partial charge is 0.332 e. The van der Waals surface area contributed by atoms with Crippen LogP contribution in [0.15, 0.2) is 23.8 Å². The molecule has 0 atom stereocenters. The van der Waals surface area contributed by atoms with Gasteiger partial charge in [0.2, 0.25) is 0 Å². The van der Waals surface area contributed by atoms with Crippen LogP contribution in [0.1, 0.15) is 13.3 Å². The number of ketones is 1. The second kappa shape index (κ2) is 4.96. The normalized spacial score (nSPS) is 10.8. The van der Waals surface area contributed by atoms with Crippen molar-refractivity contribution in [3.05, 3.63) is 23.8 Å². The summed E-state index contributed by atoms with van der Waals surface area (Å²) in [6.07, 6.45) is 0.0557. The van der Waals surface area contributed by atoms with E-state index in [1.54, 1.807) is 0 Å². The number of carbonyl (C=O) groups is 3. The molecule has 0 saturated heterocycles. The zero-order chi connectivity index (χ0) is 11.3. The summed E-state index contributed by atoms with van der Waals surface area (Å²) in [7, 11) is 0. The average Bonchev–Trinajstić information content (AvgIpc) is 2.01. The third-order valence-electron chi connectivity index (χ3n) is 1.40. The first-order valence-corrected chi connectivity index (χ1v) is 3.70. The van der Waals surface area contributed by atoms with Crippen LogP contribution in [0.2, 0.25) is 0 Å². The number of aliphatic carboxylic acids is 2. The average molecular weight is 198 g/mol. The van der Waals surface area contributed by atoms with Crippen molar-refractivity contribution in [3.63, 3.8) is 0 Å². The molecule has 0 aromatic carbocycles. The Hall–Kier alpha value is -1.91. The van der Waals surface area contributed by atoms with E-state index in [0.717, 1.165) is 0 Å². The van der Waals surface area contributed by atoms with Crippen LogP contribution in [0, 0.1) is 0 Å². The predicted octanol–water partition coefficient (Wildman–Crippen LogP) is 0.617. The zero-order valence-corrected chi connectivity index (χ0v) is 7.61. The van der Waals surface area contributed by atoms with E-state index in [1.165, 1.54) is 6.92 Å². The van der Waals surface area contributed by atoms with E-state index in [2.05, 4.69) is 6.58 Å². The SMILES string of the molecule is C=C(C)C(=O)C/C(=C/C(=O)O)C(=O)O. The van der Waals surface area contributed by atoms with Crippen molar-refractivity contribution in [2.45, 2.75) is 13.3 Å². The molecule has 76 valence electrons. The van der Waals surface area contributed by atoms with E-state index >= 15 is 0 Å². The standard InChI is InChI=1S/C9H10O5/c1-5(2)7(10)3-6(9(13)14)4-8(11)12/h4H,1,3H2,2H3,(H,11,12)(H,13,14)/b6-4-. The molecule has 0 aliphatic carbocycles. The highest BCUT2D eigenvalue weighted by Gasteiger charge is 2.14. The van der Waals surface area contributed by atoms with Gasteiger partial charge in [-0.1, -0.05) is 6.58 Å². The topological polar surface area (TPSA) is 91.7 Å². The van der Waals surface area contributed by atoms with Crippen LogP contribution in [0.25, 0.3) is 0 Å². The summed E-state index contributed by atoms with van der Waals surface area (Å²) in [6, 6.07) is 0. The van der Waals surface area contributed by atoms with Gasteiger partial charge in [0.15, 0.2) is 5.78 Å². The lowest BCUT2D eigenvalue weighted by molar-refractivity contribution is -0.135. The van der Waals surface area contributed by atoms with Crippen molar-refractivity contribution in [1.29, 1.82) is 0 Å². The Bertz CT molecular complexity index is 324. The van der Waals surface area contributed by atoms with E-state index in [1.807, 2.05) is 0 Å².